The fourth-order valence-electron chi connectivity index (χ4n) is 4.46. The normalized spacial score (nSPS) is 11.4. The molecular weight excluding hydrogens is 653 g/mol. The molecule has 4 rings (SSSR count). The Labute approximate surface area is 274 Å². The van der Waals surface area contributed by atoms with E-state index in [0.29, 0.717) is 31.1 Å². The van der Waals surface area contributed by atoms with Gasteiger partial charge in [0.25, 0.3) is 20.0 Å². The van der Waals surface area contributed by atoms with Crippen LogP contribution in [0.2, 0.25) is 0 Å². The second kappa shape index (κ2) is 14.2. The molecule has 4 N–H and O–H groups in total. The number of thiocarbonyl (C=S) groups is 2. The molecule has 0 amide bonds. The molecule has 4 aromatic carbocycles. The zero-order valence-corrected chi connectivity index (χ0v) is 27.8. The van der Waals surface area contributed by atoms with E-state index in [-0.39, 0.29) is 31.4 Å². The zero-order valence-electron chi connectivity index (χ0n) is 24.5. The van der Waals surface area contributed by atoms with Crippen LogP contribution in [-0.4, -0.2) is 40.3 Å². The highest BCUT2D eigenvalue weighted by Gasteiger charge is 2.29. The van der Waals surface area contributed by atoms with Crippen LogP contribution in [0.25, 0.3) is 0 Å². The number of hydrogen-bond donors (Lipinski definition) is 2. The van der Waals surface area contributed by atoms with E-state index in [2.05, 4.69) is 0 Å². The number of nitrogens with zero attached hydrogens (tertiary/aromatic N) is 2. The predicted molar refractivity (Wildman–Crippen MR) is 184 cm³/mol. The van der Waals surface area contributed by atoms with Crippen LogP contribution in [0.15, 0.2) is 107 Å². The average Bonchev–Trinajstić information content (AvgIpc) is 2.99. The highest BCUT2D eigenvalue weighted by Crippen LogP contribution is 2.28. The topological polar surface area (TPSA) is 145 Å². The van der Waals surface area contributed by atoms with Crippen LogP contribution in [0.5, 0.6) is 11.5 Å². The monoisotopic (exact) mass is 684 g/mol. The van der Waals surface area contributed by atoms with Gasteiger partial charge in [-0.05, 0) is 129 Å². The summed E-state index contributed by atoms with van der Waals surface area (Å²) in [7, 11) is -8.17. The first-order chi connectivity index (χ1) is 21.4. The first-order valence-electron chi connectivity index (χ1n) is 13.7. The number of anilines is 2. The highest BCUT2D eigenvalue weighted by molar-refractivity contribution is 7.96. The molecule has 0 spiro atoms. The molecule has 4 aromatic rings. The zero-order chi connectivity index (χ0) is 32.8. The van der Waals surface area contributed by atoms with E-state index in [0.717, 1.165) is 19.7 Å². The Morgan fingerprint density at radius 3 is 1.16 bits per heavy atom. The average molecular weight is 685 g/mol. The molecule has 14 heteroatoms. The lowest BCUT2D eigenvalue weighted by Gasteiger charge is -2.23. The number of sulfonamides is 2. The summed E-state index contributed by atoms with van der Waals surface area (Å²) in [6, 6.07) is 25.5. The molecule has 0 saturated heterocycles. The Kier molecular flexibility index (Phi) is 10.7. The van der Waals surface area contributed by atoms with Gasteiger partial charge < -0.3 is 20.9 Å². The summed E-state index contributed by atoms with van der Waals surface area (Å²) in [6.45, 7) is 4.58. The number of ether oxygens (including phenoxy) is 2. The molecule has 0 saturated carbocycles. The van der Waals surface area contributed by atoms with Crippen LogP contribution >= 0.6 is 24.4 Å². The van der Waals surface area contributed by atoms with Crippen molar-refractivity contribution in [3.05, 3.63) is 108 Å². The van der Waals surface area contributed by atoms with Crippen molar-refractivity contribution >= 4 is 66.1 Å². The summed E-state index contributed by atoms with van der Waals surface area (Å²) < 4.78 is 66.2. The Morgan fingerprint density at radius 1 is 0.578 bits per heavy atom. The second-order valence-corrected chi connectivity index (χ2v) is 13.9. The van der Waals surface area contributed by atoms with Gasteiger partial charge in [0.15, 0.2) is 10.2 Å². The lowest BCUT2D eigenvalue weighted by molar-refractivity contribution is 0.340. The van der Waals surface area contributed by atoms with E-state index in [1.54, 1.807) is 72.8 Å². The van der Waals surface area contributed by atoms with E-state index in [1.165, 1.54) is 24.3 Å². The van der Waals surface area contributed by atoms with Crippen molar-refractivity contribution in [3.8, 4) is 11.5 Å². The molecule has 0 aromatic heterocycles. The molecular formula is C31H32N4O6S4. The van der Waals surface area contributed by atoms with Gasteiger partial charge in [0, 0.05) is 0 Å². The molecule has 0 aliphatic rings. The van der Waals surface area contributed by atoms with Crippen LogP contribution in [0.4, 0.5) is 11.4 Å². The Balaban J connectivity index is 1.52. The van der Waals surface area contributed by atoms with Gasteiger partial charge in [-0.3, -0.25) is 0 Å². The number of benzene rings is 4. The van der Waals surface area contributed by atoms with Gasteiger partial charge in [0.2, 0.25) is 0 Å². The van der Waals surface area contributed by atoms with E-state index in [4.69, 9.17) is 45.4 Å². The van der Waals surface area contributed by atoms with E-state index < -0.39 is 20.0 Å². The van der Waals surface area contributed by atoms with E-state index >= 15 is 0 Å². The molecule has 236 valence electrons. The van der Waals surface area contributed by atoms with Gasteiger partial charge in [-0.15, -0.1) is 0 Å². The van der Waals surface area contributed by atoms with Crippen molar-refractivity contribution in [2.45, 2.75) is 30.1 Å². The lowest BCUT2D eigenvalue weighted by atomic mass is 10.0. The van der Waals surface area contributed by atoms with Crippen LogP contribution < -0.4 is 29.6 Å². The summed E-state index contributed by atoms with van der Waals surface area (Å²) in [4.78, 5) is 0.0249. The van der Waals surface area contributed by atoms with Crippen molar-refractivity contribution in [2.24, 2.45) is 11.5 Å². The summed E-state index contributed by atoms with van der Waals surface area (Å²) in [5, 5.41) is -0.649. The summed E-state index contributed by atoms with van der Waals surface area (Å²) in [6.07, 6.45) is 0.470. The number of nitrogens with two attached hydrogens (primary N) is 2. The maximum atomic E-state index is 13.4. The van der Waals surface area contributed by atoms with Crippen LogP contribution in [0.1, 0.15) is 25.0 Å². The fourth-order valence-corrected chi connectivity index (χ4v) is 7.92. The smallest absolute Gasteiger partial charge is 0.270 e. The number of hydrogen-bond acceptors (Lipinski definition) is 8. The minimum Gasteiger partial charge on any atom is -0.494 e. The minimum atomic E-state index is -4.08. The van der Waals surface area contributed by atoms with Crippen molar-refractivity contribution in [1.29, 1.82) is 0 Å². The Bertz CT molecular complexity index is 1730. The third-order valence-corrected chi connectivity index (χ3v) is 10.6. The van der Waals surface area contributed by atoms with Crippen LogP contribution in [0.3, 0.4) is 0 Å². The first-order valence-corrected chi connectivity index (χ1v) is 17.4. The number of rotatable bonds is 12. The summed E-state index contributed by atoms with van der Waals surface area (Å²) >= 11 is 10.2. The molecule has 0 radical (unpaired) electrons. The molecule has 0 unspecified atom stereocenters. The van der Waals surface area contributed by atoms with Crippen LogP contribution in [-0.2, 0) is 26.5 Å². The van der Waals surface area contributed by atoms with E-state index in [9.17, 15) is 16.8 Å². The standard InChI is InChI=1S/C31H32N4O6S4/c1-3-40-26-13-17-28(18-14-26)44(36,37)34(30(32)42)24-9-5-22(6-10-24)21-23-7-11-25(12-8-23)35(31(33)43)45(38,39)29-19-15-27(16-20-29)41-4-2/h5-20H,3-4,21H2,1-2H3,(H2,32,42)(H2,33,43). The highest BCUT2D eigenvalue weighted by atomic mass is 32.2. The molecule has 45 heavy (non-hydrogen) atoms. The molecule has 0 aliphatic heterocycles. The Hall–Kier alpha value is -4.24. The van der Waals surface area contributed by atoms with Gasteiger partial charge in [-0.25, -0.2) is 25.4 Å². The summed E-state index contributed by atoms with van der Waals surface area (Å²) in [5.74, 6) is 1.09. The SMILES string of the molecule is CCOc1ccc(S(=O)(=O)N(C(N)=S)c2ccc(Cc3ccc(N(C(N)=S)S(=O)(=O)c4ccc(OCC)cc4)cc3)cc2)cc1. The molecule has 0 fully saturated rings. The van der Waals surface area contributed by atoms with Gasteiger partial charge in [0.05, 0.1) is 34.4 Å². The Morgan fingerprint density at radius 2 is 0.889 bits per heavy atom. The van der Waals surface area contributed by atoms with Gasteiger partial charge in [-0.2, -0.15) is 0 Å². The van der Waals surface area contributed by atoms with Gasteiger partial charge in [0.1, 0.15) is 11.5 Å². The van der Waals surface area contributed by atoms with E-state index in [1.807, 2.05) is 13.8 Å². The molecule has 10 nitrogen and oxygen atoms in total. The van der Waals surface area contributed by atoms with Crippen LogP contribution in [0, 0.1) is 0 Å². The van der Waals surface area contributed by atoms with Gasteiger partial charge >= 0.3 is 0 Å². The first kappa shape index (κ1) is 33.6. The predicted octanol–water partition coefficient (Wildman–Crippen LogP) is 4.95. The molecule has 0 heterocycles. The minimum absolute atomic E-state index is 0.0125. The molecule has 0 bridgehead atoms. The second-order valence-electron chi connectivity index (χ2n) is 9.53. The van der Waals surface area contributed by atoms with Crippen molar-refractivity contribution in [2.75, 3.05) is 21.8 Å². The fraction of sp³-hybridized carbons (Fsp3) is 0.161. The molecule has 0 atom stereocenters. The lowest BCUT2D eigenvalue weighted by Crippen LogP contribution is -2.40. The van der Waals surface area contributed by atoms with Crippen molar-refractivity contribution in [3.63, 3.8) is 0 Å². The third-order valence-electron chi connectivity index (χ3n) is 6.50. The summed E-state index contributed by atoms with van der Waals surface area (Å²) in [5.41, 5.74) is 14.0. The maximum absolute atomic E-state index is 13.4. The quantitative estimate of drug-likeness (QED) is 0.197. The van der Waals surface area contributed by atoms with Crippen molar-refractivity contribution in [1.82, 2.24) is 0 Å². The van der Waals surface area contributed by atoms with Gasteiger partial charge in [-0.1, -0.05) is 24.3 Å². The molecule has 0 aliphatic carbocycles. The largest absolute Gasteiger partial charge is 0.494 e. The maximum Gasteiger partial charge on any atom is 0.270 e. The van der Waals surface area contributed by atoms with Crippen molar-refractivity contribution < 1.29 is 26.3 Å². The third kappa shape index (κ3) is 7.71.